The van der Waals surface area contributed by atoms with Crippen LogP contribution in [0.1, 0.15) is 44.1 Å². The van der Waals surface area contributed by atoms with Gasteiger partial charge in [-0.15, -0.1) is 0 Å². The van der Waals surface area contributed by atoms with Gasteiger partial charge in [0.25, 0.3) is 10.1 Å². The zero-order valence-electron chi connectivity index (χ0n) is 16.3. The molecule has 1 atom stereocenters. The van der Waals surface area contributed by atoms with Crippen molar-refractivity contribution in [2.24, 2.45) is 23.2 Å². The smallest absolute Gasteiger partial charge is 0.330 e. The molecule has 152 valence electrons. The van der Waals surface area contributed by atoms with Gasteiger partial charge in [-0.05, 0) is 80.9 Å². The van der Waals surface area contributed by atoms with Crippen LogP contribution in [0.2, 0.25) is 0 Å². The second-order valence-electron chi connectivity index (χ2n) is 8.96. The standard InChI is InChI=1S/C22H28O5S/c1-3-21(23)27-20(14-26-28(24,25)19-6-4-5-15(2)7-19)22-11-16-8-17(12-22)10-18(9-16)13-22/h3-7,16-18,20H,1,8-14H2,2H3. The molecule has 0 heterocycles. The van der Waals surface area contributed by atoms with E-state index >= 15 is 0 Å². The minimum absolute atomic E-state index is 0.131. The number of hydrogen-bond acceptors (Lipinski definition) is 5. The number of carbonyl (C=O) groups excluding carboxylic acids is 1. The van der Waals surface area contributed by atoms with E-state index in [1.165, 1.54) is 25.3 Å². The highest BCUT2D eigenvalue weighted by molar-refractivity contribution is 7.86. The SMILES string of the molecule is C=CC(=O)OC(COS(=O)(=O)c1cccc(C)c1)C12CC3CC(CC(C3)C1)C2. The third-order valence-electron chi connectivity index (χ3n) is 6.85. The van der Waals surface area contributed by atoms with E-state index in [4.69, 9.17) is 8.92 Å². The molecular formula is C22H28O5S. The monoisotopic (exact) mass is 404 g/mol. The van der Waals surface area contributed by atoms with Crippen molar-refractivity contribution in [2.45, 2.75) is 56.4 Å². The van der Waals surface area contributed by atoms with E-state index in [9.17, 15) is 13.2 Å². The third-order valence-corrected chi connectivity index (χ3v) is 8.12. The van der Waals surface area contributed by atoms with Crippen LogP contribution in [0.5, 0.6) is 0 Å². The van der Waals surface area contributed by atoms with Crippen molar-refractivity contribution in [3.05, 3.63) is 42.5 Å². The summed E-state index contributed by atoms with van der Waals surface area (Å²) in [5.74, 6) is 1.45. The third kappa shape index (κ3) is 3.77. The van der Waals surface area contributed by atoms with Gasteiger partial charge in [-0.1, -0.05) is 18.7 Å². The molecule has 1 aromatic rings. The number of esters is 1. The molecule has 28 heavy (non-hydrogen) atoms. The predicted molar refractivity (Wildman–Crippen MR) is 105 cm³/mol. The summed E-state index contributed by atoms with van der Waals surface area (Å²) >= 11 is 0. The molecule has 4 aliphatic rings. The van der Waals surface area contributed by atoms with Crippen molar-refractivity contribution in [3.63, 3.8) is 0 Å². The molecule has 4 saturated carbocycles. The molecule has 0 amide bonds. The van der Waals surface area contributed by atoms with E-state index in [1.54, 1.807) is 12.1 Å². The Morgan fingerprint density at radius 2 is 1.82 bits per heavy atom. The number of benzene rings is 1. The van der Waals surface area contributed by atoms with Crippen LogP contribution < -0.4 is 0 Å². The van der Waals surface area contributed by atoms with Gasteiger partial charge < -0.3 is 4.74 Å². The van der Waals surface area contributed by atoms with Crippen LogP contribution in [0.3, 0.4) is 0 Å². The van der Waals surface area contributed by atoms with Crippen LogP contribution in [-0.4, -0.2) is 27.1 Å². The van der Waals surface area contributed by atoms with Crippen molar-refractivity contribution in [1.29, 1.82) is 0 Å². The van der Waals surface area contributed by atoms with Crippen molar-refractivity contribution in [1.82, 2.24) is 0 Å². The largest absolute Gasteiger partial charge is 0.456 e. The lowest BCUT2D eigenvalue weighted by atomic mass is 9.48. The molecule has 0 aromatic heterocycles. The van der Waals surface area contributed by atoms with Gasteiger partial charge in [-0.25, -0.2) is 4.79 Å². The summed E-state index contributed by atoms with van der Waals surface area (Å²) in [5.41, 5.74) is 0.677. The van der Waals surface area contributed by atoms with Gasteiger partial charge in [0.15, 0.2) is 0 Å². The lowest BCUT2D eigenvalue weighted by Crippen LogP contribution is -2.54. The molecule has 4 bridgehead atoms. The zero-order valence-corrected chi connectivity index (χ0v) is 17.1. The maximum Gasteiger partial charge on any atom is 0.330 e. The Hall–Kier alpha value is -1.66. The normalized spacial score (nSPS) is 32.1. The summed E-state index contributed by atoms with van der Waals surface area (Å²) in [4.78, 5) is 12.1. The zero-order chi connectivity index (χ0) is 19.9. The van der Waals surface area contributed by atoms with E-state index < -0.39 is 22.2 Å². The molecule has 0 aliphatic heterocycles. The summed E-state index contributed by atoms with van der Waals surface area (Å²) in [7, 11) is -3.91. The van der Waals surface area contributed by atoms with Gasteiger partial charge in [0.1, 0.15) is 12.7 Å². The highest BCUT2D eigenvalue weighted by Gasteiger charge is 2.55. The Morgan fingerprint density at radius 3 is 2.36 bits per heavy atom. The van der Waals surface area contributed by atoms with Crippen molar-refractivity contribution >= 4 is 16.1 Å². The first kappa shape index (κ1) is 19.6. The van der Waals surface area contributed by atoms with Gasteiger partial charge in [0.05, 0.1) is 4.90 Å². The molecule has 5 nitrogen and oxygen atoms in total. The number of carbonyl (C=O) groups is 1. The molecule has 0 saturated heterocycles. The summed E-state index contributed by atoms with van der Waals surface area (Å²) in [6, 6.07) is 6.64. The first-order chi connectivity index (χ1) is 13.3. The van der Waals surface area contributed by atoms with Crippen LogP contribution in [0, 0.1) is 30.1 Å². The van der Waals surface area contributed by atoms with Gasteiger partial charge in [0, 0.05) is 11.5 Å². The average molecular weight is 405 g/mol. The molecular weight excluding hydrogens is 376 g/mol. The van der Waals surface area contributed by atoms with E-state index in [1.807, 2.05) is 13.0 Å². The molecule has 0 N–H and O–H groups in total. The molecule has 5 rings (SSSR count). The van der Waals surface area contributed by atoms with Crippen molar-refractivity contribution in [3.8, 4) is 0 Å². The molecule has 4 aliphatic carbocycles. The first-order valence-electron chi connectivity index (χ1n) is 10.1. The molecule has 6 heteroatoms. The number of hydrogen-bond donors (Lipinski definition) is 0. The second-order valence-corrected chi connectivity index (χ2v) is 10.6. The second kappa shape index (κ2) is 7.30. The van der Waals surface area contributed by atoms with Crippen LogP contribution in [-0.2, 0) is 23.8 Å². The highest BCUT2D eigenvalue weighted by Crippen LogP contribution is 2.61. The summed E-state index contributed by atoms with van der Waals surface area (Å²) in [5, 5.41) is 0. The topological polar surface area (TPSA) is 69.7 Å². The summed E-state index contributed by atoms with van der Waals surface area (Å²) < 4.78 is 36.5. The van der Waals surface area contributed by atoms with Crippen molar-refractivity contribution < 1.29 is 22.1 Å². The summed E-state index contributed by atoms with van der Waals surface area (Å²) in [6.45, 7) is 5.19. The quantitative estimate of drug-likeness (QED) is 0.390. The highest BCUT2D eigenvalue weighted by atomic mass is 32.2. The maximum absolute atomic E-state index is 12.7. The minimum Gasteiger partial charge on any atom is -0.456 e. The molecule has 4 fully saturated rings. The number of aryl methyl sites for hydroxylation is 1. The molecule has 0 spiro atoms. The molecule has 1 aromatic carbocycles. The Bertz CT molecular complexity index is 837. The Kier molecular flexibility index (Phi) is 5.12. The van der Waals surface area contributed by atoms with Crippen LogP contribution in [0.15, 0.2) is 41.8 Å². The Labute approximate surface area is 167 Å². The van der Waals surface area contributed by atoms with Crippen LogP contribution >= 0.6 is 0 Å². The fourth-order valence-electron chi connectivity index (χ4n) is 6.09. The fourth-order valence-corrected chi connectivity index (χ4v) is 7.10. The van der Waals surface area contributed by atoms with E-state index in [0.29, 0.717) is 17.8 Å². The number of ether oxygens (including phenoxy) is 1. The predicted octanol–water partition coefficient (Wildman–Crippen LogP) is 4.01. The van der Waals surface area contributed by atoms with E-state index in [2.05, 4.69) is 6.58 Å². The Morgan fingerprint density at radius 1 is 1.21 bits per heavy atom. The average Bonchev–Trinajstić information content (AvgIpc) is 2.63. The lowest BCUT2D eigenvalue weighted by Gasteiger charge is -2.58. The van der Waals surface area contributed by atoms with E-state index in [0.717, 1.165) is 30.9 Å². The van der Waals surface area contributed by atoms with Gasteiger partial charge in [-0.2, -0.15) is 8.42 Å². The first-order valence-corrected chi connectivity index (χ1v) is 11.5. The fraction of sp³-hybridized carbons (Fsp3) is 0.591. The van der Waals surface area contributed by atoms with Crippen LogP contribution in [0.25, 0.3) is 0 Å². The maximum atomic E-state index is 12.7. The molecule has 1 unspecified atom stereocenters. The summed E-state index contributed by atoms with van der Waals surface area (Å²) in [6.07, 6.45) is 7.30. The minimum atomic E-state index is -3.91. The van der Waals surface area contributed by atoms with Gasteiger partial charge in [-0.3, -0.25) is 4.18 Å². The van der Waals surface area contributed by atoms with Gasteiger partial charge >= 0.3 is 5.97 Å². The molecule has 0 radical (unpaired) electrons. The number of rotatable bonds is 7. The van der Waals surface area contributed by atoms with Crippen molar-refractivity contribution in [2.75, 3.05) is 6.61 Å². The van der Waals surface area contributed by atoms with Crippen LogP contribution in [0.4, 0.5) is 0 Å². The lowest BCUT2D eigenvalue weighted by molar-refractivity contribution is -0.172. The van der Waals surface area contributed by atoms with E-state index in [-0.39, 0.29) is 16.9 Å². The Balaban J connectivity index is 1.55. The van der Waals surface area contributed by atoms with Gasteiger partial charge in [0.2, 0.25) is 0 Å².